The Kier molecular flexibility index (Phi) is 4.82. The molecule has 0 N–H and O–H groups in total. The number of benzene rings is 1. The fourth-order valence-corrected chi connectivity index (χ4v) is 5.49. The molecule has 1 aromatic carbocycles. The summed E-state index contributed by atoms with van der Waals surface area (Å²) in [7, 11) is -1.37. The predicted octanol–water partition coefficient (Wildman–Crippen LogP) is 4.81. The average molecular weight is 258 g/mol. The maximum absolute atomic E-state index is 2.67. The van der Waals surface area contributed by atoms with Crippen LogP contribution < -0.4 is 5.19 Å². The summed E-state index contributed by atoms with van der Waals surface area (Å²) in [4.78, 5) is 0. The van der Waals surface area contributed by atoms with Gasteiger partial charge in [-0.1, -0.05) is 79.1 Å². The summed E-state index contributed by atoms with van der Waals surface area (Å²) in [5.74, 6) is 0. The molecule has 0 spiro atoms. The van der Waals surface area contributed by atoms with Gasteiger partial charge in [0, 0.05) is 0 Å². The van der Waals surface area contributed by atoms with E-state index >= 15 is 0 Å². The Morgan fingerprint density at radius 1 is 0.833 bits per heavy atom. The normalized spacial score (nSPS) is 18.0. The Morgan fingerprint density at radius 3 is 2.00 bits per heavy atom. The van der Waals surface area contributed by atoms with Gasteiger partial charge in [0.05, 0.1) is 0 Å². The second-order valence-electron chi connectivity index (χ2n) is 6.16. The van der Waals surface area contributed by atoms with Gasteiger partial charge in [-0.25, -0.2) is 0 Å². The van der Waals surface area contributed by atoms with E-state index in [0.717, 1.165) is 0 Å². The van der Waals surface area contributed by atoms with Crippen molar-refractivity contribution in [1.82, 2.24) is 0 Å². The van der Waals surface area contributed by atoms with E-state index in [4.69, 9.17) is 0 Å². The third-order valence-electron chi connectivity index (χ3n) is 4.08. The second kappa shape index (κ2) is 6.37. The van der Waals surface area contributed by atoms with Crippen LogP contribution in [0.1, 0.15) is 44.9 Å². The van der Waals surface area contributed by atoms with Gasteiger partial charge in [0.25, 0.3) is 0 Å². The van der Waals surface area contributed by atoms with Crippen molar-refractivity contribution in [3.8, 4) is 0 Å². The molecule has 0 nitrogen and oxygen atoms in total. The summed E-state index contributed by atoms with van der Waals surface area (Å²) in [5.41, 5.74) is 4.42. The third kappa shape index (κ3) is 3.84. The first-order valence-corrected chi connectivity index (χ1v) is 10.5. The molecular formula is C17H26Si. The van der Waals surface area contributed by atoms with Gasteiger partial charge in [0.1, 0.15) is 8.07 Å². The van der Waals surface area contributed by atoms with Gasteiger partial charge in [-0.3, -0.25) is 0 Å². The van der Waals surface area contributed by atoms with Crippen LogP contribution in [0.4, 0.5) is 0 Å². The molecule has 98 valence electrons. The number of hydrogen-bond donors (Lipinski definition) is 0. The summed E-state index contributed by atoms with van der Waals surface area (Å²) < 4.78 is 0. The lowest BCUT2D eigenvalue weighted by atomic mass is 9.97. The average Bonchev–Trinajstić information content (AvgIpc) is 2.34. The summed E-state index contributed by atoms with van der Waals surface area (Å²) in [6, 6.07) is 11.1. The summed E-state index contributed by atoms with van der Waals surface area (Å²) >= 11 is 0. The van der Waals surface area contributed by atoms with Crippen molar-refractivity contribution in [2.75, 3.05) is 0 Å². The van der Waals surface area contributed by atoms with Gasteiger partial charge in [0.15, 0.2) is 0 Å². The Balaban J connectivity index is 2.13. The molecule has 0 atom stereocenters. The molecule has 0 amide bonds. The van der Waals surface area contributed by atoms with Crippen LogP contribution in [0.25, 0.3) is 0 Å². The molecule has 1 aromatic rings. The molecule has 0 aliphatic heterocycles. The third-order valence-corrected chi connectivity index (χ3v) is 7.03. The molecule has 0 aromatic heterocycles. The smallest absolute Gasteiger partial charge is 0.0911 e. The SMILES string of the molecule is C[Si](C)(C=C1CCCCCCC1)c1ccccc1. The minimum Gasteiger partial charge on any atom is -0.0911 e. The minimum absolute atomic E-state index is 1.35. The van der Waals surface area contributed by atoms with Gasteiger partial charge in [-0.2, -0.15) is 0 Å². The zero-order valence-corrected chi connectivity index (χ0v) is 12.9. The van der Waals surface area contributed by atoms with Crippen LogP contribution in [0.3, 0.4) is 0 Å². The molecule has 1 aliphatic carbocycles. The summed E-state index contributed by atoms with van der Waals surface area (Å²) in [6.45, 7) is 4.96. The monoisotopic (exact) mass is 258 g/mol. The molecule has 1 aliphatic rings. The van der Waals surface area contributed by atoms with Crippen molar-refractivity contribution in [3.05, 3.63) is 41.6 Å². The molecule has 0 heterocycles. The maximum Gasteiger partial charge on any atom is 0.104 e. The topological polar surface area (TPSA) is 0 Å². The minimum atomic E-state index is -1.37. The standard InChI is InChI=1S/C17H26Si/c1-18(2,17-13-9-6-10-14-17)15-16-11-7-4-3-5-8-12-16/h6,9-10,13-15H,3-5,7-8,11-12H2,1-2H3. The molecule has 1 saturated carbocycles. The number of rotatable bonds is 2. The van der Waals surface area contributed by atoms with Crippen LogP contribution >= 0.6 is 0 Å². The first kappa shape index (κ1) is 13.6. The zero-order chi connectivity index (χ0) is 12.8. The van der Waals surface area contributed by atoms with Gasteiger partial charge >= 0.3 is 0 Å². The van der Waals surface area contributed by atoms with Gasteiger partial charge in [-0.15, -0.1) is 0 Å². The second-order valence-corrected chi connectivity index (χ2v) is 10.5. The lowest BCUT2D eigenvalue weighted by Crippen LogP contribution is -2.39. The molecule has 0 unspecified atom stereocenters. The lowest BCUT2D eigenvalue weighted by molar-refractivity contribution is 0.569. The highest BCUT2D eigenvalue weighted by Crippen LogP contribution is 2.23. The first-order valence-electron chi connectivity index (χ1n) is 7.45. The summed E-state index contributed by atoms with van der Waals surface area (Å²) in [6.07, 6.45) is 9.84. The Labute approximate surface area is 113 Å². The molecule has 2 rings (SSSR count). The van der Waals surface area contributed by atoms with Crippen LogP contribution in [0, 0.1) is 0 Å². The van der Waals surface area contributed by atoms with E-state index < -0.39 is 8.07 Å². The van der Waals surface area contributed by atoms with Crippen molar-refractivity contribution in [3.63, 3.8) is 0 Å². The molecule has 1 heteroatoms. The highest BCUT2D eigenvalue weighted by Gasteiger charge is 2.21. The van der Waals surface area contributed by atoms with Gasteiger partial charge in [0.2, 0.25) is 0 Å². The van der Waals surface area contributed by atoms with Crippen LogP contribution in [0.5, 0.6) is 0 Å². The van der Waals surface area contributed by atoms with Crippen molar-refractivity contribution < 1.29 is 0 Å². The largest absolute Gasteiger partial charge is 0.104 e. The van der Waals surface area contributed by atoms with Crippen LogP contribution in [0.2, 0.25) is 13.1 Å². The van der Waals surface area contributed by atoms with Crippen molar-refractivity contribution in [1.29, 1.82) is 0 Å². The fraction of sp³-hybridized carbons (Fsp3) is 0.529. The highest BCUT2D eigenvalue weighted by atomic mass is 28.3. The van der Waals surface area contributed by atoms with Gasteiger partial charge < -0.3 is 0 Å². The van der Waals surface area contributed by atoms with E-state index in [1.54, 1.807) is 10.8 Å². The van der Waals surface area contributed by atoms with Crippen LogP contribution in [0.15, 0.2) is 41.6 Å². The van der Waals surface area contributed by atoms with Crippen LogP contribution in [-0.4, -0.2) is 8.07 Å². The van der Waals surface area contributed by atoms with E-state index in [2.05, 4.69) is 49.1 Å². The van der Waals surface area contributed by atoms with E-state index in [-0.39, 0.29) is 0 Å². The highest BCUT2D eigenvalue weighted by molar-refractivity contribution is 6.94. The molecule has 0 bridgehead atoms. The maximum atomic E-state index is 2.67. The van der Waals surface area contributed by atoms with Crippen molar-refractivity contribution in [2.45, 2.75) is 58.0 Å². The molecule has 0 radical (unpaired) electrons. The molecule has 1 fully saturated rings. The number of hydrogen-bond acceptors (Lipinski definition) is 0. The number of allylic oxidation sites excluding steroid dienone is 1. The predicted molar refractivity (Wildman–Crippen MR) is 84.0 cm³/mol. The fourth-order valence-electron chi connectivity index (χ4n) is 2.97. The van der Waals surface area contributed by atoms with E-state index in [0.29, 0.717) is 0 Å². The molecule has 18 heavy (non-hydrogen) atoms. The Bertz CT molecular complexity index is 379. The van der Waals surface area contributed by atoms with E-state index in [9.17, 15) is 0 Å². The quantitative estimate of drug-likeness (QED) is 0.668. The van der Waals surface area contributed by atoms with Crippen LogP contribution in [-0.2, 0) is 0 Å². The lowest BCUT2D eigenvalue weighted by Gasteiger charge is -2.22. The molecular weight excluding hydrogens is 232 g/mol. The van der Waals surface area contributed by atoms with E-state index in [1.807, 2.05) is 0 Å². The Morgan fingerprint density at radius 2 is 1.39 bits per heavy atom. The van der Waals surface area contributed by atoms with Crippen molar-refractivity contribution in [2.24, 2.45) is 0 Å². The Hall–Kier alpha value is -0.823. The van der Waals surface area contributed by atoms with E-state index in [1.165, 1.54) is 44.9 Å². The summed E-state index contributed by atoms with van der Waals surface area (Å²) in [5, 5.41) is 1.57. The van der Waals surface area contributed by atoms with Crippen molar-refractivity contribution >= 4 is 13.3 Å². The molecule has 0 saturated heterocycles. The first-order chi connectivity index (χ1) is 8.68. The van der Waals surface area contributed by atoms with Gasteiger partial charge in [-0.05, 0) is 25.7 Å². The zero-order valence-electron chi connectivity index (χ0n) is 11.9.